The minimum atomic E-state index is -1.07. The van der Waals surface area contributed by atoms with Crippen LogP contribution in [-0.4, -0.2) is 47.7 Å². The Hall–Kier alpha value is -1.83. The molecule has 178 valence electrons. The molecule has 0 aromatic rings. The summed E-state index contributed by atoms with van der Waals surface area (Å²) in [6.45, 7) is 2.70. The highest BCUT2D eigenvalue weighted by Crippen LogP contribution is 2.28. The molecule has 31 heavy (non-hydrogen) atoms. The normalized spacial score (nSPS) is 24.1. The van der Waals surface area contributed by atoms with Crippen molar-refractivity contribution in [1.29, 1.82) is 0 Å². The van der Waals surface area contributed by atoms with Gasteiger partial charge in [-0.15, -0.1) is 0 Å². The Morgan fingerprint density at radius 2 is 1.68 bits per heavy atom. The maximum absolute atomic E-state index is 13.1. The van der Waals surface area contributed by atoms with Gasteiger partial charge in [0.2, 0.25) is 5.91 Å². The first kappa shape index (κ1) is 25.4. The van der Waals surface area contributed by atoms with Crippen LogP contribution in [0.3, 0.4) is 0 Å². The first-order valence-corrected chi connectivity index (χ1v) is 12.2. The third-order valence-electron chi connectivity index (χ3n) is 6.75. The first-order valence-electron chi connectivity index (χ1n) is 12.2. The lowest BCUT2D eigenvalue weighted by molar-refractivity contribution is -0.139. The minimum Gasteiger partial charge on any atom is -0.480 e. The van der Waals surface area contributed by atoms with Crippen molar-refractivity contribution in [2.75, 3.05) is 6.54 Å². The van der Waals surface area contributed by atoms with Gasteiger partial charge < -0.3 is 26.8 Å². The molecule has 0 heterocycles. The summed E-state index contributed by atoms with van der Waals surface area (Å²) < 4.78 is 0. The maximum atomic E-state index is 13.1. The highest BCUT2D eigenvalue weighted by Gasteiger charge is 2.30. The number of unbranched alkanes of at least 4 members (excludes halogenated alkanes) is 1. The fourth-order valence-electron chi connectivity index (χ4n) is 4.96. The SMILES string of the molecule is CC1CCC[C@H](NC(=O)C(CC2CCCCC2)NC(=O)N[C@@H](CCCCN)C(=O)O)C1. The molecule has 2 rings (SSSR count). The second kappa shape index (κ2) is 13.6. The monoisotopic (exact) mass is 438 g/mol. The number of carboxylic acids is 1. The van der Waals surface area contributed by atoms with E-state index in [-0.39, 0.29) is 11.9 Å². The highest BCUT2D eigenvalue weighted by atomic mass is 16.4. The van der Waals surface area contributed by atoms with Gasteiger partial charge in [0, 0.05) is 6.04 Å². The standard InChI is InChI=1S/C23H42N4O4/c1-16-8-7-11-18(14-16)25-21(28)20(15-17-9-3-2-4-10-17)27-23(31)26-19(22(29)30)12-5-6-13-24/h16-20H,2-15,24H2,1H3,(H,25,28)(H,29,30)(H2,26,27,31)/t16?,18-,19-,20?/m0/s1. The summed E-state index contributed by atoms with van der Waals surface area (Å²) >= 11 is 0. The largest absolute Gasteiger partial charge is 0.480 e. The lowest BCUT2D eigenvalue weighted by Gasteiger charge is -2.31. The van der Waals surface area contributed by atoms with Crippen LogP contribution < -0.4 is 21.7 Å². The molecule has 0 aromatic carbocycles. The van der Waals surface area contributed by atoms with E-state index in [9.17, 15) is 19.5 Å². The highest BCUT2D eigenvalue weighted by molar-refractivity contribution is 5.88. The molecule has 0 saturated heterocycles. The minimum absolute atomic E-state index is 0.144. The second-order valence-corrected chi connectivity index (χ2v) is 9.56. The molecule has 2 aliphatic carbocycles. The van der Waals surface area contributed by atoms with Gasteiger partial charge in [0.05, 0.1) is 0 Å². The summed E-state index contributed by atoms with van der Waals surface area (Å²) in [6.07, 6.45) is 12.2. The number of carboxylic acid groups (broad SMARTS) is 1. The number of aliphatic carboxylic acids is 1. The average molecular weight is 439 g/mol. The lowest BCUT2D eigenvalue weighted by atomic mass is 9.84. The van der Waals surface area contributed by atoms with Gasteiger partial charge in [-0.3, -0.25) is 4.79 Å². The zero-order valence-electron chi connectivity index (χ0n) is 19.0. The zero-order chi connectivity index (χ0) is 22.6. The predicted molar refractivity (Wildman–Crippen MR) is 121 cm³/mol. The van der Waals surface area contributed by atoms with Crippen molar-refractivity contribution < 1.29 is 19.5 Å². The molecule has 0 aliphatic heterocycles. The van der Waals surface area contributed by atoms with Gasteiger partial charge in [-0.2, -0.15) is 0 Å². The van der Waals surface area contributed by atoms with Crippen molar-refractivity contribution in [2.24, 2.45) is 17.6 Å². The van der Waals surface area contributed by atoms with Crippen LogP contribution >= 0.6 is 0 Å². The van der Waals surface area contributed by atoms with Gasteiger partial charge in [-0.25, -0.2) is 9.59 Å². The number of carbonyl (C=O) groups excluding carboxylic acids is 2. The van der Waals surface area contributed by atoms with Gasteiger partial charge in [0.1, 0.15) is 12.1 Å². The Labute approximate surface area is 186 Å². The molecule has 8 heteroatoms. The Balaban J connectivity index is 1.96. The van der Waals surface area contributed by atoms with Crippen LogP contribution in [0.25, 0.3) is 0 Å². The number of rotatable bonds is 11. The van der Waals surface area contributed by atoms with Gasteiger partial charge in [0.15, 0.2) is 0 Å². The summed E-state index contributed by atoms with van der Waals surface area (Å²) in [4.78, 5) is 37.2. The van der Waals surface area contributed by atoms with Crippen LogP contribution in [0.2, 0.25) is 0 Å². The Bertz CT molecular complexity index is 580. The van der Waals surface area contributed by atoms with E-state index in [4.69, 9.17) is 5.73 Å². The van der Waals surface area contributed by atoms with E-state index in [1.807, 2.05) is 0 Å². The van der Waals surface area contributed by atoms with Crippen molar-refractivity contribution >= 4 is 17.9 Å². The smallest absolute Gasteiger partial charge is 0.326 e. The molecule has 0 aromatic heterocycles. The molecular weight excluding hydrogens is 396 g/mol. The third kappa shape index (κ3) is 9.46. The van der Waals surface area contributed by atoms with Crippen molar-refractivity contribution in [3.05, 3.63) is 0 Å². The van der Waals surface area contributed by atoms with Crippen LogP contribution in [0.1, 0.15) is 90.4 Å². The van der Waals surface area contributed by atoms with Crippen molar-refractivity contribution in [3.8, 4) is 0 Å². The van der Waals surface area contributed by atoms with E-state index in [2.05, 4.69) is 22.9 Å². The fraction of sp³-hybridized carbons (Fsp3) is 0.870. The third-order valence-corrected chi connectivity index (χ3v) is 6.75. The molecular formula is C23H42N4O4. The molecule has 2 unspecified atom stereocenters. The molecule has 0 bridgehead atoms. The molecule has 0 radical (unpaired) electrons. The predicted octanol–water partition coefficient (Wildman–Crippen LogP) is 2.90. The number of carbonyl (C=O) groups is 3. The Morgan fingerprint density at radius 1 is 0.968 bits per heavy atom. The summed E-state index contributed by atoms with van der Waals surface area (Å²) in [7, 11) is 0. The van der Waals surface area contributed by atoms with Crippen LogP contribution in [0.15, 0.2) is 0 Å². The van der Waals surface area contributed by atoms with Crippen molar-refractivity contribution in [3.63, 3.8) is 0 Å². The van der Waals surface area contributed by atoms with Crippen LogP contribution in [0.4, 0.5) is 4.79 Å². The quantitative estimate of drug-likeness (QED) is 0.316. The fourth-order valence-corrected chi connectivity index (χ4v) is 4.96. The van der Waals surface area contributed by atoms with Gasteiger partial charge in [-0.05, 0) is 56.9 Å². The van der Waals surface area contributed by atoms with E-state index < -0.39 is 24.1 Å². The molecule has 2 saturated carbocycles. The van der Waals surface area contributed by atoms with Crippen LogP contribution in [-0.2, 0) is 9.59 Å². The number of urea groups is 1. The first-order chi connectivity index (χ1) is 14.9. The topological polar surface area (TPSA) is 134 Å². The van der Waals surface area contributed by atoms with Gasteiger partial charge in [0.25, 0.3) is 0 Å². The number of hydrogen-bond acceptors (Lipinski definition) is 4. The number of nitrogens with two attached hydrogens (primary N) is 1. The summed E-state index contributed by atoms with van der Waals surface area (Å²) in [5, 5.41) is 17.9. The lowest BCUT2D eigenvalue weighted by Crippen LogP contribution is -2.55. The Morgan fingerprint density at radius 3 is 2.32 bits per heavy atom. The molecule has 2 aliphatic rings. The number of nitrogens with one attached hydrogen (secondary N) is 3. The summed E-state index contributed by atoms with van der Waals surface area (Å²) in [6, 6.07) is -2.06. The van der Waals surface area contributed by atoms with Crippen molar-refractivity contribution in [1.82, 2.24) is 16.0 Å². The zero-order valence-corrected chi connectivity index (χ0v) is 19.0. The van der Waals surface area contributed by atoms with E-state index in [1.54, 1.807) is 0 Å². The molecule has 2 fully saturated rings. The van der Waals surface area contributed by atoms with Gasteiger partial charge >= 0.3 is 12.0 Å². The van der Waals surface area contributed by atoms with E-state index in [0.29, 0.717) is 44.1 Å². The van der Waals surface area contributed by atoms with E-state index in [0.717, 1.165) is 44.9 Å². The van der Waals surface area contributed by atoms with Gasteiger partial charge in [-0.1, -0.05) is 51.9 Å². The van der Waals surface area contributed by atoms with Crippen molar-refractivity contribution in [2.45, 2.75) is 109 Å². The number of amides is 3. The van der Waals surface area contributed by atoms with E-state index in [1.165, 1.54) is 12.8 Å². The second-order valence-electron chi connectivity index (χ2n) is 9.56. The summed E-state index contributed by atoms with van der Waals surface area (Å²) in [5.74, 6) is -0.210. The number of hydrogen-bond donors (Lipinski definition) is 5. The van der Waals surface area contributed by atoms with Crippen LogP contribution in [0.5, 0.6) is 0 Å². The average Bonchev–Trinajstić information content (AvgIpc) is 2.73. The van der Waals surface area contributed by atoms with E-state index >= 15 is 0 Å². The van der Waals surface area contributed by atoms with Crippen LogP contribution in [0, 0.1) is 11.8 Å². The molecule has 4 atom stereocenters. The molecule has 6 N–H and O–H groups in total. The summed E-state index contributed by atoms with van der Waals surface area (Å²) in [5.41, 5.74) is 5.47. The molecule has 0 spiro atoms. The molecule has 3 amide bonds. The maximum Gasteiger partial charge on any atom is 0.326 e. The Kier molecular flexibility index (Phi) is 11.1. The molecule has 8 nitrogen and oxygen atoms in total.